The van der Waals surface area contributed by atoms with Crippen LogP contribution in [0.1, 0.15) is 18.4 Å². The predicted octanol–water partition coefficient (Wildman–Crippen LogP) is 2.53. The fraction of sp³-hybridized carbons (Fsp3) is 0.200. The Morgan fingerprint density at radius 3 is 2.95 bits per heavy atom. The summed E-state index contributed by atoms with van der Waals surface area (Å²) < 4.78 is 11.9. The van der Waals surface area contributed by atoms with Crippen molar-refractivity contribution in [3.8, 4) is 17.1 Å². The molecule has 0 amide bonds. The van der Waals surface area contributed by atoms with Crippen LogP contribution in [0, 0.1) is 0 Å². The summed E-state index contributed by atoms with van der Waals surface area (Å²) in [6.07, 6.45) is 7.17. The summed E-state index contributed by atoms with van der Waals surface area (Å²) in [6.45, 7) is 2.09. The van der Waals surface area contributed by atoms with Gasteiger partial charge >= 0.3 is 0 Å². The zero-order valence-electron chi connectivity index (χ0n) is 12.3. The molecule has 0 fully saturated rings. The number of aryl methyl sites for hydroxylation is 1. The first kappa shape index (κ1) is 14.0. The molecule has 2 aromatic heterocycles. The molecule has 2 heterocycles. The summed E-state index contributed by atoms with van der Waals surface area (Å²) in [4.78, 5) is 4.32. The lowest BCUT2D eigenvalue weighted by Gasteiger charge is -2.05. The Morgan fingerprint density at radius 2 is 2.23 bits per heavy atom. The number of hydrogen-bond acceptors (Lipinski definition) is 6. The lowest BCUT2D eigenvalue weighted by molar-refractivity contribution is 0.414. The molecule has 0 spiro atoms. The van der Waals surface area contributed by atoms with E-state index in [-0.39, 0.29) is 0 Å². The van der Waals surface area contributed by atoms with Crippen LogP contribution in [0.4, 0.5) is 0 Å². The molecular formula is C15H15N5O2. The minimum atomic E-state index is 0.409. The van der Waals surface area contributed by atoms with Crippen molar-refractivity contribution in [2.45, 2.75) is 13.3 Å². The van der Waals surface area contributed by atoms with Crippen LogP contribution < -0.4 is 4.74 Å². The van der Waals surface area contributed by atoms with Crippen LogP contribution >= 0.6 is 0 Å². The Labute approximate surface area is 127 Å². The van der Waals surface area contributed by atoms with E-state index in [1.54, 1.807) is 30.4 Å². The van der Waals surface area contributed by atoms with Gasteiger partial charge in [0.1, 0.15) is 12.1 Å². The highest BCUT2D eigenvalue weighted by Crippen LogP contribution is 2.24. The summed E-state index contributed by atoms with van der Waals surface area (Å²) in [7, 11) is 1.65. The fourth-order valence-corrected chi connectivity index (χ4v) is 1.99. The molecule has 7 heteroatoms. The SMILES string of the molecule is CCc1cc(OC)cc(-c2ncn(C=Cc3nnco3)n2)c1. The first-order valence-electron chi connectivity index (χ1n) is 6.82. The molecule has 7 nitrogen and oxygen atoms in total. The summed E-state index contributed by atoms with van der Waals surface area (Å²) in [6, 6.07) is 5.99. The second kappa shape index (κ2) is 6.21. The zero-order chi connectivity index (χ0) is 15.4. The van der Waals surface area contributed by atoms with Crippen LogP contribution in [-0.4, -0.2) is 32.1 Å². The first-order valence-corrected chi connectivity index (χ1v) is 6.82. The summed E-state index contributed by atoms with van der Waals surface area (Å²) >= 11 is 0. The smallest absolute Gasteiger partial charge is 0.241 e. The molecule has 0 saturated heterocycles. The third-order valence-electron chi connectivity index (χ3n) is 3.12. The zero-order valence-corrected chi connectivity index (χ0v) is 12.3. The van der Waals surface area contributed by atoms with Crippen LogP contribution in [-0.2, 0) is 6.42 Å². The van der Waals surface area contributed by atoms with Gasteiger partial charge in [-0.25, -0.2) is 9.67 Å². The van der Waals surface area contributed by atoms with Crippen molar-refractivity contribution in [1.82, 2.24) is 25.0 Å². The molecule has 0 radical (unpaired) electrons. The van der Waals surface area contributed by atoms with Crippen molar-refractivity contribution < 1.29 is 9.15 Å². The molecule has 112 valence electrons. The van der Waals surface area contributed by atoms with Gasteiger partial charge in [-0.05, 0) is 30.2 Å². The maximum absolute atomic E-state index is 5.32. The minimum absolute atomic E-state index is 0.409. The van der Waals surface area contributed by atoms with Gasteiger partial charge in [0, 0.05) is 17.8 Å². The van der Waals surface area contributed by atoms with Gasteiger partial charge in [-0.2, -0.15) is 0 Å². The highest BCUT2D eigenvalue weighted by molar-refractivity contribution is 5.60. The van der Waals surface area contributed by atoms with Gasteiger partial charge < -0.3 is 9.15 Å². The summed E-state index contributed by atoms with van der Waals surface area (Å²) in [5, 5.41) is 11.8. The van der Waals surface area contributed by atoms with Gasteiger partial charge in [-0.3, -0.25) is 0 Å². The van der Waals surface area contributed by atoms with Crippen LogP contribution in [0.5, 0.6) is 5.75 Å². The Balaban J connectivity index is 1.87. The normalized spacial score (nSPS) is 11.2. The van der Waals surface area contributed by atoms with Crippen molar-refractivity contribution in [2.24, 2.45) is 0 Å². The average Bonchev–Trinajstić information content (AvgIpc) is 3.23. The van der Waals surface area contributed by atoms with E-state index < -0.39 is 0 Å². The second-order valence-corrected chi connectivity index (χ2v) is 4.56. The molecular weight excluding hydrogens is 282 g/mol. The molecule has 1 aromatic carbocycles. The van der Waals surface area contributed by atoms with Crippen LogP contribution in [0.3, 0.4) is 0 Å². The number of nitrogens with zero attached hydrogens (tertiary/aromatic N) is 5. The molecule has 0 aliphatic rings. The number of methoxy groups -OCH3 is 1. The van der Waals surface area contributed by atoms with Gasteiger partial charge in [0.05, 0.1) is 7.11 Å². The van der Waals surface area contributed by atoms with E-state index in [1.165, 1.54) is 12.0 Å². The van der Waals surface area contributed by atoms with E-state index in [1.807, 2.05) is 12.1 Å². The number of aromatic nitrogens is 5. The standard InChI is InChI=1S/C15H15N5O2/c1-3-11-6-12(8-13(7-11)21-2)15-16-9-20(19-15)5-4-14-18-17-10-22-14/h4-10H,3H2,1-2H3. The molecule has 0 aliphatic carbocycles. The minimum Gasteiger partial charge on any atom is -0.497 e. The van der Waals surface area contributed by atoms with E-state index in [0.717, 1.165) is 17.7 Å². The molecule has 0 N–H and O–H groups in total. The fourth-order valence-electron chi connectivity index (χ4n) is 1.99. The van der Waals surface area contributed by atoms with E-state index in [9.17, 15) is 0 Å². The van der Waals surface area contributed by atoms with Gasteiger partial charge in [0.25, 0.3) is 0 Å². The maximum Gasteiger partial charge on any atom is 0.241 e. The predicted molar refractivity (Wildman–Crippen MR) is 80.9 cm³/mol. The number of hydrogen-bond donors (Lipinski definition) is 0. The largest absolute Gasteiger partial charge is 0.497 e. The van der Waals surface area contributed by atoms with Gasteiger partial charge in [-0.1, -0.05) is 6.92 Å². The molecule has 0 aliphatic heterocycles. The third-order valence-corrected chi connectivity index (χ3v) is 3.12. The number of rotatable bonds is 5. The van der Waals surface area contributed by atoms with Crippen LogP contribution in [0.25, 0.3) is 23.7 Å². The first-order chi connectivity index (χ1) is 10.8. The van der Waals surface area contributed by atoms with E-state index in [2.05, 4.69) is 33.3 Å². The molecule has 0 unspecified atom stereocenters. The molecule has 0 bridgehead atoms. The summed E-state index contributed by atoms with van der Waals surface area (Å²) in [5.74, 6) is 1.84. The van der Waals surface area contributed by atoms with Crippen molar-refractivity contribution in [1.29, 1.82) is 0 Å². The van der Waals surface area contributed by atoms with E-state index in [4.69, 9.17) is 9.15 Å². The average molecular weight is 297 g/mol. The van der Waals surface area contributed by atoms with Crippen molar-refractivity contribution in [2.75, 3.05) is 7.11 Å². The highest BCUT2D eigenvalue weighted by atomic mass is 16.5. The van der Waals surface area contributed by atoms with E-state index >= 15 is 0 Å². The Morgan fingerprint density at radius 1 is 1.32 bits per heavy atom. The number of benzene rings is 1. The van der Waals surface area contributed by atoms with Gasteiger partial charge in [-0.15, -0.1) is 15.3 Å². The van der Waals surface area contributed by atoms with Crippen molar-refractivity contribution in [3.63, 3.8) is 0 Å². The Kier molecular flexibility index (Phi) is 3.95. The maximum atomic E-state index is 5.32. The quantitative estimate of drug-likeness (QED) is 0.720. The Bertz CT molecular complexity index is 755. The third kappa shape index (κ3) is 3.03. The van der Waals surface area contributed by atoms with Crippen LogP contribution in [0.15, 0.2) is 35.3 Å². The van der Waals surface area contributed by atoms with Gasteiger partial charge in [0.2, 0.25) is 12.3 Å². The molecule has 3 aromatic rings. The van der Waals surface area contributed by atoms with Crippen LogP contribution in [0.2, 0.25) is 0 Å². The molecule has 0 saturated carbocycles. The molecule has 22 heavy (non-hydrogen) atoms. The molecule has 3 rings (SSSR count). The Hall–Kier alpha value is -2.96. The van der Waals surface area contributed by atoms with E-state index in [0.29, 0.717) is 11.7 Å². The van der Waals surface area contributed by atoms with Gasteiger partial charge in [0.15, 0.2) is 5.82 Å². The van der Waals surface area contributed by atoms with Crippen molar-refractivity contribution >= 4 is 12.3 Å². The number of ether oxygens (including phenoxy) is 1. The monoisotopic (exact) mass is 297 g/mol. The molecule has 0 atom stereocenters. The topological polar surface area (TPSA) is 78.9 Å². The lowest BCUT2D eigenvalue weighted by Crippen LogP contribution is -1.91. The second-order valence-electron chi connectivity index (χ2n) is 4.56. The van der Waals surface area contributed by atoms with Crippen molar-refractivity contribution in [3.05, 3.63) is 42.4 Å². The summed E-state index contributed by atoms with van der Waals surface area (Å²) in [5.41, 5.74) is 2.09. The highest BCUT2D eigenvalue weighted by Gasteiger charge is 2.07. The lowest BCUT2D eigenvalue weighted by atomic mass is 10.1.